The first-order valence-electron chi connectivity index (χ1n) is 7.14. The van der Waals surface area contributed by atoms with E-state index in [0.29, 0.717) is 24.0 Å². The van der Waals surface area contributed by atoms with Gasteiger partial charge in [-0.25, -0.2) is 0 Å². The van der Waals surface area contributed by atoms with Crippen molar-refractivity contribution >= 4 is 5.78 Å². The van der Waals surface area contributed by atoms with Crippen LogP contribution in [-0.4, -0.2) is 17.5 Å². The third-order valence-corrected chi connectivity index (χ3v) is 5.61. The van der Waals surface area contributed by atoms with Gasteiger partial charge in [-0.2, -0.15) is 0 Å². The summed E-state index contributed by atoms with van der Waals surface area (Å²) in [5, 5.41) is 9.57. The molecule has 0 saturated heterocycles. The van der Waals surface area contributed by atoms with Crippen molar-refractivity contribution < 1.29 is 9.90 Å². The molecule has 0 spiro atoms. The van der Waals surface area contributed by atoms with Gasteiger partial charge in [0.2, 0.25) is 0 Å². The van der Waals surface area contributed by atoms with E-state index in [-0.39, 0.29) is 17.4 Å². The molecule has 0 aromatic carbocycles. The summed E-state index contributed by atoms with van der Waals surface area (Å²) in [6.45, 7) is 9.09. The number of rotatable bonds is 2. The lowest BCUT2D eigenvalue weighted by Crippen LogP contribution is -2.42. The lowest BCUT2D eigenvalue weighted by atomic mass is 9.55. The van der Waals surface area contributed by atoms with E-state index < -0.39 is 0 Å². The second-order valence-electron chi connectivity index (χ2n) is 7.24. The summed E-state index contributed by atoms with van der Waals surface area (Å²) in [6, 6.07) is 0. The van der Waals surface area contributed by atoms with E-state index in [1.807, 2.05) is 6.08 Å². The predicted molar refractivity (Wildman–Crippen MR) is 73.2 cm³/mol. The number of fused-ring (bicyclic) bond motifs is 1. The lowest BCUT2D eigenvalue weighted by molar-refractivity contribution is -0.117. The second-order valence-corrected chi connectivity index (χ2v) is 7.24. The molecule has 1 saturated carbocycles. The fourth-order valence-electron chi connectivity index (χ4n) is 3.69. The Morgan fingerprint density at radius 1 is 1.50 bits per heavy atom. The van der Waals surface area contributed by atoms with Crippen molar-refractivity contribution in [2.75, 3.05) is 6.61 Å². The van der Waals surface area contributed by atoms with Gasteiger partial charge in [-0.05, 0) is 48.0 Å². The Morgan fingerprint density at radius 2 is 2.17 bits per heavy atom. The van der Waals surface area contributed by atoms with Crippen molar-refractivity contribution in [3.05, 3.63) is 11.6 Å². The van der Waals surface area contributed by atoms with Gasteiger partial charge in [0.25, 0.3) is 0 Å². The van der Waals surface area contributed by atoms with E-state index in [1.54, 1.807) is 0 Å². The number of hydrogen-bond acceptors (Lipinski definition) is 2. The molecule has 0 heterocycles. The van der Waals surface area contributed by atoms with Crippen molar-refractivity contribution in [1.82, 2.24) is 0 Å². The standard InChI is InChI=1S/C16H26O2/c1-11-7-14(18)8-12-5-6-13(9-16(11,12)4)15(2,3)10-17/h8,11,13,17H,5-7,9-10H2,1-4H3. The molecular weight excluding hydrogens is 224 g/mol. The SMILES string of the molecule is CC1CC(=O)C=C2CCC(C(C)(C)CO)CC21C. The Hall–Kier alpha value is -0.630. The molecule has 2 aliphatic rings. The number of allylic oxidation sites excluding steroid dienone is 2. The van der Waals surface area contributed by atoms with Gasteiger partial charge in [-0.15, -0.1) is 0 Å². The molecule has 3 unspecified atom stereocenters. The van der Waals surface area contributed by atoms with Crippen LogP contribution in [0, 0.1) is 22.7 Å². The van der Waals surface area contributed by atoms with Crippen LogP contribution in [-0.2, 0) is 4.79 Å². The zero-order chi connectivity index (χ0) is 13.6. The molecule has 102 valence electrons. The lowest BCUT2D eigenvalue weighted by Gasteiger charge is -2.50. The maximum absolute atomic E-state index is 11.7. The molecule has 0 amide bonds. The summed E-state index contributed by atoms with van der Waals surface area (Å²) in [7, 11) is 0. The fourth-order valence-corrected chi connectivity index (χ4v) is 3.69. The number of hydrogen-bond donors (Lipinski definition) is 1. The molecular formula is C16H26O2. The predicted octanol–water partition coefficient (Wildman–Crippen LogP) is 3.35. The van der Waals surface area contributed by atoms with E-state index in [9.17, 15) is 9.90 Å². The van der Waals surface area contributed by atoms with E-state index in [1.165, 1.54) is 5.57 Å². The fraction of sp³-hybridized carbons (Fsp3) is 0.812. The highest BCUT2D eigenvalue weighted by Gasteiger charge is 2.46. The summed E-state index contributed by atoms with van der Waals surface area (Å²) in [5.74, 6) is 1.29. The van der Waals surface area contributed by atoms with Crippen molar-refractivity contribution in [3.8, 4) is 0 Å². The summed E-state index contributed by atoms with van der Waals surface area (Å²) >= 11 is 0. The number of carbonyl (C=O) groups is 1. The molecule has 1 N–H and O–H groups in total. The molecule has 2 rings (SSSR count). The van der Waals surface area contributed by atoms with Crippen LogP contribution in [0.5, 0.6) is 0 Å². The highest BCUT2D eigenvalue weighted by atomic mass is 16.3. The Labute approximate surface area is 110 Å². The van der Waals surface area contributed by atoms with Crippen molar-refractivity contribution in [1.29, 1.82) is 0 Å². The van der Waals surface area contributed by atoms with Crippen LogP contribution in [0.2, 0.25) is 0 Å². The normalized spacial score (nSPS) is 37.2. The molecule has 2 nitrogen and oxygen atoms in total. The number of ketones is 1. The van der Waals surface area contributed by atoms with Gasteiger partial charge in [0, 0.05) is 13.0 Å². The average Bonchev–Trinajstić information content (AvgIpc) is 2.30. The topological polar surface area (TPSA) is 37.3 Å². The van der Waals surface area contributed by atoms with Crippen LogP contribution in [0.4, 0.5) is 0 Å². The number of carbonyl (C=O) groups excluding carboxylic acids is 1. The quantitative estimate of drug-likeness (QED) is 0.816. The van der Waals surface area contributed by atoms with Gasteiger partial charge in [-0.3, -0.25) is 4.79 Å². The van der Waals surface area contributed by atoms with Gasteiger partial charge in [0.1, 0.15) is 0 Å². The zero-order valence-electron chi connectivity index (χ0n) is 12.1. The van der Waals surface area contributed by atoms with Crippen molar-refractivity contribution in [2.45, 2.75) is 53.4 Å². The van der Waals surface area contributed by atoms with Gasteiger partial charge >= 0.3 is 0 Å². The maximum Gasteiger partial charge on any atom is 0.155 e. The maximum atomic E-state index is 11.7. The Kier molecular flexibility index (Phi) is 3.44. The highest BCUT2D eigenvalue weighted by Crippen LogP contribution is 2.54. The summed E-state index contributed by atoms with van der Waals surface area (Å²) in [6.07, 6.45) is 5.84. The molecule has 0 aliphatic heterocycles. The third-order valence-electron chi connectivity index (χ3n) is 5.61. The Bertz CT molecular complexity index is 381. The third kappa shape index (κ3) is 2.16. The minimum atomic E-state index is -0.00425. The second kappa shape index (κ2) is 4.48. The molecule has 3 atom stereocenters. The first-order valence-corrected chi connectivity index (χ1v) is 7.14. The van der Waals surface area contributed by atoms with Crippen molar-refractivity contribution in [2.24, 2.45) is 22.7 Å². The zero-order valence-corrected chi connectivity index (χ0v) is 12.1. The molecule has 2 aliphatic carbocycles. The first kappa shape index (κ1) is 13.8. The van der Waals surface area contributed by atoms with Crippen LogP contribution < -0.4 is 0 Å². The van der Waals surface area contributed by atoms with Gasteiger partial charge in [-0.1, -0.05) is 33.3 Å². The van der Waals surface area contributed by atoms with Crippen LogP contribution in [0.1, 0.15) is 53.4 Å². The number of aliphatic hydroxyl groups excluding tert-OH is 1. The van der Waals surface area contributed by atoms with Gasteiger partial charge in [0.15, 0.2) is 5.78 Å². The van der Waals surface area contributed by atoms with E-state index in [0.717, 1.165) is 19.3 Å². The van der Waals surface area contributed by atoms with Crippen LogP contribution in [0.15, 0.2) is 11.6 Å². The van der Waals surface area contributed by atoms with Crippen LogP contribution in [0.25, 0.3) is 0 Å². The van der Waals surface area contributed by atoms with E-state index >= 15 is 0 Å². The largest absolute Gasteiger partial charge is 0.396 e. The van der Waals surface area contributed by atoms with E-state index in [4.69, 9.17) is 0 Å². The minimum Gasteiger partial charge on any atom is -0.396 e. The monoisotopic (exact) mass is 250 g/mol. The molecule has 0 aromatic heterocycles. The molecule has 0 radical (unpaired) electrons. The summed E-state index contributed by atoms with van der Waals surface area (Å²) in [5.41, 5.74) is 1.52. The molecule has 1 fully saturated rings. The summed E-state index contributed by atoms with van der Waals surface area (Å²) in [4.78, 5) is 11.7. The molecule has 0 bridgehead atoms. The Morgan fingerprint density at radius 3 is 2.78 bits per heavy atom. The van der Waals surface area contributed by atoms with Crippen molar-refractivity contribution in [3.63, 3.8) is 0 Å². The molecule has 0 aromatic rings. The number of aliphatic hydroxyl groups is 1. The van der Waals surface area contributed by atoms with E-state index in [2.05, 4.69) is 27.7 Å². The first-order chi connectivity index (χ1) is 8.29. The summed E-state index contributed by atoms with van der Waals surface area (Å²) < 4.78 is 0. The Balaban J connectivity index is 2.26. The average molecular weight is 250 g/mol. The van der Waals surface area contributed by atoms with Gasteiger partial charge < -0.3 is 5.11 Å². The molecule has 2 heteroatoms. The smallest absolute Gasteiger partial charge is 0.155 e. The molecule has 18 heavy (non-hydrogen) atoms. The highest BCUT2D eigenvalue weighted by molar-refractivity contribution is 5.92. The minimum absolute atomic E-state index is 0.00425. The van der Waals surface area contributed by atoms with Crippen LogP contribution >= 0.6 is 0 Å². The van der Waals surface area contributed by atoms with Crippen LogP contribution in [0.3, 0.4) is 0 Å². The van der Waals surface area contributed by atoms with Gasteiger partial charge in [0.05, 0.1) is 0 Å².